The predicted molar refractivity (Wildman–Crippen MR) is 107 cm³/mol. The number of hydrogen-bond acceptors (Lipinski definition) is 4. The Balaban J connectivity index is 1.66. The van der Waals surface area contributed by atoms with Gasteiger partial charge in [-0.2, -0.15) is 0 Å². The van der Waals surface area contributed by atoms with Gasteiger partial charge in [-0.1, -0.05) is 35.5 Å². The van der Waals surface area contributed by atoms with E-state index in [0.717, 1.165) is 23.8 Å². The molecule has 0 saturated carbocycles. The summed E-state index contributed by atoms with van der Waals surface area (Å²) in [5.41, 5.74) is 0.929. The summed E-state index contributed by atoms with van der Waals surface area (Å²) in [6.45, 7) is 0. The monoisotopic (exact) mass is 433 g/mol. The van der Waals surface area contributed by atoms with Crippen LogP contribution in [-0.2, 0) is 10.5 Å². The fourth-order valence-electron chi connectivity index (χ4n) is 3.21. The lowest BCUT2D eigenvalue weighted by Gasteiger charge is -2.24. The highest BCUT2D eigenvalue weighted by Gasteiger charge is 2.31. The molecule has 1 aliphatic rings. The maximum Gasteiger partial charge on any atom is 0.257 e. The van der Waals surface area contributed by atoms with Gasteiger partial charge in [-0.3, -0.25) is 9.59 Å². The normalized spacial score (nSPS) is 15.7. The molecule has 4 rings (SSSR count). The SMILES string of the molecule is O=C1C[C@@H](c2cc(F)cc(F)c2)c2c(nc(SCc3ccc(Cl)cc3)[nH]c2=O)N1. The van der Waals surface area contributed by atoms with Crippen LogP contribution in [0.2, 0.25) is 5.02 Å². The van der Waals surface area contributed by atoms with Crippen molar-refractivity contribution in [1.82, 2.24) is 9.97 Å². The molecule has 0 unspecified atom stereocenters. The number of aromatic nitrogens is 2. The third kappa shape index (κ3) is 4.33. The van der Waals surface area contributed by atoms with Gasteiger partial charge >= 0.3 is 0 Å². The molecule has 0 saturated heterocycles. The first kappa shape index (κ1) is 19.6. The Bertz CT molecular complexity index is 1130. The number of benzene rings is 2. The van der Waals surface area contributed by atoms with Gasteiger partial charge in [0, 0.05) is 29.2 Å². The van der Waals surface area contributed by atoms with Crippen LogP contribution >= 0.6 is 23.4 Å². The Hall–Kier alpha value is -2.71. The van der Waals surface area contributed by atoms with Crippen LogP contribution in [0.15, 0.2) is 52.4 Å². The standard InChI is InChI=1S/C20H14ClF2N3O2S/c21-12-3-1-10(2-4-12)9-29-20-25-18-17(19(28)26-20)15(8-16(27)24-18)11-5-13(22)7-14(23)6-11/h1-7,15H,8-9H2,(H2,24,25,26,27,28)/t15-/m0/s1. The summed E-state index contributed by atoms with van der Waals surface area (Å²) in [4.78, 5) is 31.9. The number of aromatic amines is 1. The quantitative estimate of drug-likeness (QED) is 0.470. The van der Waals surface area contributed by atoms with E-state index in [2.05, 4.69) is 15.3 Å². The second-order valence-electron chi connectivity index (χ2n) is 6.56. The van der Waals surface area contributed by atoms with E-state index in [-0.39, 0.29) is 29.3 Å². The van der Waals surface area contributed by atoms with E-state index in [1.54, 1.807) is 12.1 Å². The van der Waals surface area contributed by atoms with Gasteiger partial charge in [-0.25, -0.2) is 13.8 Å². The molecule has 1 amide bonds. The van der Waals surface area contributed by atoms with E-state index >= 15 is 0 Å². The van der Waals surface area contributed by atoms with Crippen LogP contribution in [-0.4, -0.2) is 15.9 Å². The molecule has 0 bridgehead atoms. The maximum absolute atomic E-state index is 13.7. The molecule has 2 N–H and O–H groups in total. The Kier molecular flexibility index (Phi) is 5.38. The van der Waals surface area contributed by atoms with Gasteiger partial charge in [0.1, 0.15) is 17.5 Å². The van der Waals surface area contributed by atoms with Gasteiger partial charge in [0.25, 0.3) is 5.56 Å². The number of halogens is 3. The van der Waals surface area contributed by atoms with E-state index in [1.807, 2.05) is 12.1 Å². The molecular formula is C20H14ClF2N3O2S. The number of anilines is 1. The van der Waals surface area contributed by atoms with Gasteiger partial charge in [-0.05, 0) is 35.4 Å². The number of amides is 1. The van der Waals surface area contributed by atoms with E-state index in [4.69, 9.17) is 11.6 Å². The number of rotatable bonds is 4. The molecule has 2 aromatic carbocycles. The number of carbonyl (C=O) groups is 1. The Morgan fingerprint density at radius 2 is 1.79 bits per heavy atom. The lowest BCUT2D eigenvalue weighted by molar-refractivity contribution is -0.116. The van der Waals surface area contributed by atoms with Crippen molar-refractivity contribution in [1.29, 1.82) is 0 Å². The van der Waals surface area contributed by atoms with Crippen LogP contribution in [0.4, 0.5) is 14.6 Å². The van der Waals surface area contributed by atoms with Crippen LogP contribution in [0.25, 0.3) is 0 Å². The van der Waals surface area contributed by atoms with Gasteiger partial charge < -0.3 is 10.3 Å². The van der Waals surface area contributed by atoms with Gasteiger partial charge in [0.05, 0.1) is 5.56 Å². The average molecular weight is 434 g/mol. The van der Waals surface area contributed by atoms with E-state index in [1.165, 1.54) is 11.8 Å². The number of hydrogen-bond donors (Lipinski definition) is 2. The Labute approximate surface area is 173 Å². The Morgan fingerprint density at radius 1 is 1.10 bits per heavy atom. The Morgan fingerprint density at radius 3 is 2.48 bits per heavy atom. The fraction of sp³-hybridized carbons (Fsp3) is 0.150. The zero-order chi connectivity index (χ0) is 20.5. The molecule has 0 fully saturated rings. The first-order valence-electron chi connectivity index (χ1n) is 8.66. The first-order chi connectivity index (χ1) is 13.9. The van der Waals surface area contributed by atoms with Crippen molar-refractivity contribution in [3.63, 3.8) is 0 Å². The van der Waals surface area contributed by atoms with Crippen molar-refractivity contribution in [2.75, 3.05) is 5.32 Å². The van der Waals surface area contributed by atoms with E-state index in [9.17, 15) is 18.4 Å². The summed E-state index contributed by atoms with van der Waals surface area (Å²) in [5.74, 6) is -2.06. The number of carbonyl (C=O) groups excluding carboxylic acids is 1. The first-order valence-corrected chi connectivity index (χ1v) is 10.0. The highest BCUT2D eigenvalue weighted by molar-refractivity contribution is 7.98. The van der Waals surface area contributed by atoms with E-state index in [0.29, 0.717) is 15.9 Å². The predicted octanol–water partition coefficient (Wildman–Crippen LogP) is 4.47. The smallest absolute Gasteiger partial charge is 0.257 e. The molecular weight excluding hydrogens is 420 g/mol. The lowest BCUT2D eigenvalue weighted by atomic mass is 9.87. The number of nitrogens with zero attached hydrogens (tertiary/aromatic N) is 1. The second kappa shape index (κ2) is 7.96. The number of thioether (sulfide) groups is 1. The zero-order valence-electron chi connectivity index (χ0n) is 14.8. The van der Waals surface area contributed by atoms with Crippen LogP contribution in [0.3, 0.4) is 0 Å². The van der Waals surface area contributed by atoms with Crippen LogP contribution < -0.4 is 10.9 Å². The maximum atomic E-state index is 13.7. The highest BCUT2D eigenvalue weighted by atomic mass is 35.5. The second-order valence-corrected chi connectivity index (χ2v) is 7.96. The molecule has 1 atom stereocenters. The minimum absolute atomic E-state index is 0.0993. The van der Waals surface area contributed by atoms with Crippen molar-refractivity contribution < 1.29 is 13.6 Å². The number of fused-ring (bicyclic) bond motifs is 1. The van der Waals surface area contributed by atoms with Crippen molar-refractivity contribution >= 4 is 35.1 Å². The molecule has 2 heterocycles. The summed E-state index contributed by atoms with van der Waals surface area (Å²) >= 11 is 7.16. The van der Waals surface area contributed by atoms with Crippen LogP contribution in [0.1, 0.15) is 29.0 Å². The lowest BCUT2D eigenvalue weighted by Crippen LogP contribution is -2.31. The van der Waals surface area contributed by atoms with Crippen molar-refractivity contribution in [3.8, 4) is 0 Å². The van der Waals surface area contributed by atoms with Crippen molar-refractivity contribution in [2.45, 2.75) is 23.2 Å². The molecule has 29 heavy (non-hydrogen) atoms. The van der Waals surface area contributed by atoms with Gasteiger partial charge in [0.2, 0.25) is 5.91 Å². The molecule has 3 aromatic rings. The molecule has 148 valence electrons. The summed E-state index contributed by atoms with van der Waals surface area (Å²) in [6.07, 6.45) is -0.0993. The largest absolute Gasteiger partial charge is 0.310 e. The minimum Gasteiger partial charge on any atom is -0.310 e. The average Bonchev–Trinajstić information content (AvgIpc) is 2.66. The molecule has 5 nitrogen and oxygen atoms in total. The van der Waals surface area contributed by atoms with Crippen LogP contribution in [0.5, 0.6) is 0 Å². The van der Waals surface area contributed by atoms with Gasteiger partial charge in [0.15, 0.2) is 5.16 Å². The van der Waals surface area contributed by atoms with Gasteiger partial charge in [-0.15, -0.1) is 0 Å². The highest BCUT2D eigenvalue weighted by Crippen LogP contribution is 2.35. The van der Waals surface area contributed by atoms with Crippen LogP contribution in [0, 0.1) is 11.6 Å². The topological polar surface area (TPSA) is 74.8 Å². The van der Waals surface area contributed by atoms with Crippen molar-refractivity contribution in [2.24, 2.45) is 0 Å². The molecule has 0 spiro atoms. The summed E-state index contributed by atoms with van der Waals surface area (Å²) < 4.78 is 27.3. The molecule has 0 aliphatic carbocycles. The molecule has 1 aliphatic heterocycles. The van der Waals surface area contributed by atoms with E-state index < -0.39 is 23.1 Å². The summed E-state index contributed by atoms with van der Waals surface area (Å²) in [6, 6.07) is 10.3. The minimum atomic E-state index is -0.782. The molecule has 1 aromatic heterocycles. The molecule has 9 heteroatoms. The number of nitrogens with one attached hydrogen (secondary N) is 2. The summed E-state index contributed by atoms with van der Waals surface area (Å²) in [5, 5.41) is 3.54. The zero-order valence-corrected chi connectivity index (χ0v) is 16.4. The molecule has 0 radical (unpaired) electrons. The third-order valence-electron chi connectivity index (χ3n) is 4.51. The fourth-order valence-corrected chi connectivity index (χ4v) is 4.15. The van der Waals surface area contributed by atoms with Crippen molar-refractivity contribution in [3.05, 3.63) is 86.2 Å². The summed E-state index contributed by atoms with van der Waals surface area (Å²) in [7, 11) is 0. The number of H-pyrrole nitrogens is 1. The third-order valence-corrected chi connectivity index (χ3v) is 5.70.